The highest BCUT2D eigenvalue weighted by Crippen LogP contribution is 2.39. The van der Waals surface area contributed by atoms with Crippen molar-refractivity contribution in [3.63, 3.8) is 0 Å². The predicted octanol–water partition coefficient (Wildman–Crippen LogP) is 5.30. The van der Waals surface area contributed by atoms with Gasteiger partial charge in [-0.3, -0.25) is 0 Å². The van der Waals surface area contributed by atoms with E-state index >= 15 is 0 Å². The summed E-state index contributed by atoms with van der Waals surface area (Å²) >= 11 is 3.52. The maximum absolute atomic E-state index is 10.7. The fourth-order valence-electron chi connectivity index (χ4n) is 2.11. The number of hydrogen-bond donors (Lipinski definition) is 1. The highest BCUT2D eigenvalue weighted by Gasteiger charge is 2.39. The van der Waals surface area contributed by atoms with Gasteiger partial charge in [-0.25, -0.2) is 0 Å². The quantitative estimate of drug-likeness (QED) is 0.562. The zero-order valence-electron chi connectivity index (χ0n) is 14.2. The molecule has 1 nitrogen and oxygen atoms in total. The molecule has 0 bridgehead atoms. The van der Waals surface area contributed by atoms with Crippen LogP contribution < -0.4 is 5.19 Å². The molecule has 114 valence electrons. The molecule has 0 aliphatic rings. The number of benzene rings is 1. The fraction of sp³-hybridized carbons (Fsp3) is 0.647. The Bertz CT molecular complexity index is 493. The number of hydrogen-bond acceptors (Lipinski definition) is 1. The molecule has 0 spiro atoms. The summed E-state index contributed by atoms with van der Waals surface area (Å²) in [4.78, 5) is 0. The monoisotopic (exact) mass is 356 g/mol. The van der Waals surface area contributed by atoms with Gasteiger partial charge in [0.2, 0.25) is 0 Å². The molecule has 0 heterocycles. The number of rotatable bonds is 2. The van der Waals surface area contributed by atoms with Crippen molar-refractivity contribution in [3.05, 3.63) is 23.3 Å². The molecule has 0 fully saturated rings. The summed E-state index contributed by atoms with van der Waals surface area (Å²) in [6.07, 6.45) is 0. The highest BCUT2D eigenvalue weighted by atomic mass is 79.9. The summed E-state index contributed by atoms with van der Waals surface area (Å²) in [5, 5.41) is 12.8. The number of phenols is 1. The van der Waals surface area contributed by atoms with Gasteiger partial charge in [0.15, 0.2) is 0 Å². The molecule has 0 aromatic heterocycles. The van der Waals surface area contributed by atoms with E-state index in [0.29, 0.717) is 11.1 Å². The van der Waals surface area contributed by atoms with Gasteiger partial charge >= 0.3 is 0 Å². The molecule has 1 aromatic rings. The lowest BCUT2D eigenvalue weighted by Crippen LogP contribution is -2.50. The van der Waals surface area contributed by atoms with Crippen LogP contribution >= 0.6 is 15.9 Å². The summed E-state index contributed by atoms with van der Waals surface area (Å²) in [6, 6.07) is 4.39. The smallest absolute Gasteiger partial charge is 0.118 e. The minimum atomic E-state index is -1.75. The molecule has 1 N–H and O–H groups in total. The number of aromatic hydroxyl groups is 1. The van der Waals surface area contributed by atoms with Crippen molar-refractivity contribution in [1.29, 1.82) is 0 Å². The maximum atomic E-state index is 10.7. The first kappa shape index (κ1) is 17.8. The van der Waals surface area contributed by atoms with Gasteiger partial charge in [0.1, 0.15) is 5.75 Å². The van der Waals surface area contributed by atoms with Crippen LogP contribution in [0.25, 0.3) is 0 Å². The van der Waals surface area contributed by atoms with Crippen LogP contribution in [0.2, 0.25) is 18.1 Å². The summed E-state index contributed by atoms with van der Waals surface area (Å²) in [6.45, 7) is 18.3. The van der Waals surface area contributed by atoms with Gasteiger partial charge in [-0.2, -0.15) is 0 Å². The van der Waals surface area contributed by atoms with Gasteiger partial charge in [-0.05, 0) is 21.2 Å². The van der Waals surface area contributed by atoms with Crippen molar-refractivity contribution in [2.24, 2.45) is 0 Å². The van der Waals surface area contributed by atoms with E-state index in [0.717, 1.165) is 5.56 Å². The predicted molar refractivity (Wildman–Crippen MR) is 96.3 cm³/mol. The standard InChI is InChI=1S/C17H29BrOSi/c1-16(2,3)13-9-12(11-18)15(19)14(10-13)20(7,8)17(4,5)6/h9-10,19H,11H2,1-8H3. The highest BCUT2D eigenvalue weighted by molar-refractivity contribution is 9.08. The maximum Gasteiger partial charge on any atom is 0.118 e. The normalized spacial score (nSPS) is 13.7. The van der Waals surface area contributed by atoms with E-state index in [1.54, 1.807) is 0 Å². The van der Waals surface area contributed by atoms with Crippen molar-refractivity contribution in [1.82, 2.24) is 0 Å². The summed E-state index contributed by atoms with van der Waals surface area (Å²) in [5.41, 5.74) is 2.42. The lowest BCUT2D eigenvalue weighted by molar-refractivity contribution is 0.473. The number of alkyl halides is 1. The molecular weight excluding hydrogens is 328 g/mol. The van der Waals surface area contributed by atoms with Crippen molar-refractivity contribution in [2.45, 2.75) is 70.4 Å². The number of halogens is 1. The Morgan fingerprint density at radius 2 is 1.55 bits per heavy atom. The first-order chi connectivity index (χ1) is 8.82. The van der Waals surface area contributed by atoms with Crippen molar-refractivity contribution in [2.75, 3.05) is 0 Å². The molecule has 3 heteroatoms. The van der Waals surface area contributed by atoms with E-state index in [4.69, 9.17) is 0 Å². The Labute approximate surface area is 133 Å². The molecule has 0 saturated carbocycles. The molecule has 0 aliphatic heterocycles. The largest absolute Gasteiger partial charge is 0.508 e. The van der Waals surface area contributed by atoms with E-state index < -0.39 is 8.07 Å². The average molecular weight is 357 g/mol. The van der Waals surface area contributed by atoms with E-state index in [9.17, 15) is 5.11 Å². The zero-order valence-corrected chi connectivity index (χ0v) is 16.8. The SMILES string of the molecule is CC(C)(C)c1cc(CBr)c(O)c([Si](C)(C)C(C)(C)C)c1. The van der Waals surface area contributed by atoms with Crippen molar-refractivity contribution < 1.29 is 5.11 Å². The second kappa shape index (κ2) is 5.49. The second-order valence-corrected chi connectivity index (χ2v) is 14.1. The van der Waals surface area contributed by atoms with E-state index in [2.05, 4.69) is 82.7 Å². The molecule has 0 amide bonds. The lowest BCUT2D eigenvalue weighted by atomic mass is 9.86. The molecule has 0 radical (unpaired) electrons. The number of phenolic OH excluding ortho intramolecular Hbond substituents is 1. The molecule has 1 rings (SSSR count). The van der Waals surface area contributed by atoms with Gasteiger partial charge in [0, 0.05) is 10.9 Å². The Morgan fingerprint density at radius 1 is 1.05 bits per heavy atom. The Kier molecular flexibility index (Phi) is 4.88. The van der Waals surface area contributed by atoms with E-state index in [1.165, 1.54) is 10.8 Å². The fourth-order valence-corrected chi connectivity index (χ4v) is 4.61. The van der Waals surface area contributed by atoms with Crippen LogP contribution in [-0.4, -0.2) is 13.2 Å². The van der Waals surface area contributed by atoms with Crippen LogP contribution in [0.15, 0.2) is 12.1 Å². The van der Waals surface area contributed by atoms with E-state index in [-0.39, 0.29) is 10.5 Å². The van der Waals surface area contributed by atoms with Crippen LogP contribution in [0, 0.1) is 0 Å². The third-order valence-corrected chi connectivity index (χ3v) is 10.8. The van der Waals surface area contributed by atoms with Gasteiger partial charge < -0.3 is 5.11 Å². The third-order valence-electron chi connectivity index (χ3n) is 4.75. The molecular formula is C17H29BrOSi. The Balaban J connectivity index is 3.62. The molecule has 1 aromatic carbocycles. The lowest BCUT2D eigenvalue weighted by Gasteiger charge is -2.39. The van der Waals surface area contributed by atoms with Gasteiger partial charge in [-0.15, -0.1) is 0 Å². The molecule has 0 saturated heterocycles. The van der Waals surface area contributed by atoms with Crippen LogP contribution in [-0.2, 0) is 10.7 Å². The van der Waals surface area contributed by atoms with Crippen LogP contribution in [0.4, 0.5) is 0 Å². The molecule has 20 heavy (non-hydrogen) atoms. The van der Waals surface area contributed by atoms with Gasteiger partial charge in [-0.1, -0.05) is 82.7 Å². The first-order valence-electron chi connectivity index (χ1n) is 7.25. The van der Waals surface area contributed by atoms with Crippen LogP contribution in [0.3, 0.4) is 0 Å². The average Bonchev–Trinajstić information content (AvgIpc) is 2.25. The van der Waals surface area contributed by atoms with E-state index in [1.807, 2.05) is 0 Å². The van der Waals surface area contributed by atoms with Crippen LogP contribution in [0.5, 0.6) is 5.75 Å². The first-order valence-corrected chi connectivity index (χ1v) is 11.4. The minimum absolute atomic E-state index is 0.0989. The van der Waals surface area contributed by atoms with Gasteiger partial charge in [0.05, 0.1) is 8.07 Å². The summed E-state index contributed by atoms with van der Waals surface area (Å²) < 4.78 is 0. The second-order valence-electron chi connectivity index (χ2n) is 8.29. The van der Waals surface area contributed by atoms with Crippen LogP contribution in [0.1, 0.15) is 52.7 Å². The molecule has 0 unspecified atom stereocenters. The van der Waals surface area contributed by atoms with Crippen molar-refractivity contribution >= 4 is 29.2 Å². The minimum Gasteiger partial charge on any atom is -0.508 e. The summed E-state index contributed by atoms with van der Waals surface area (Å²) in [7, 11) is -1.75. The van der Waals surface area contributed by atoms with Crippen molar-refractivity contribution in [3.8, 4) is 5.75 Å². The Hall–Kier alpha value is -0.283. The summed E-state index contributed by atoms with van der Waals surface area (Å²) in [5.74, 6) is 0.501. The topological polar surface area (TPSA) is 20.2 Å². The third kappa shape index (κ3) is 3.30. The zero-order chi connectivity index (χ0) is 15.9. The Morgan fingerprint density at radius 3 is 1.90 bits per heavy atom. The van der Waals surface area contributed by atoms with Gasteiger partial charge in [0.25, 0.3) is 0 Å². The molecule has 0 aliphatic carbocycles. The molecule has 0 atom stereocenters.